The van der Waals surface area contributed by atoms with Gasteiger partial charge in [-0.1, -0.05) is 12.1 Å². The minimum Gasteiger partial charge on any atom is -0.397 e. The maximum absolute atomic E-state index is 13.0. The summed E-state index contributed by atoms with van der Waals surface area (Å²) in [6, 6.07) is 12.5. The number of rotatable bonds is 2. The van der Waals surface area contributed by atoms with Crippen LogP contribution >= 0.6 is 0 Å². The van der Waals surface area contributed by atoms with E-state index in [-0.39, 0.29) is 5.82 Å². The van der Waals surface area contributed by atoms with E-state index in [1.54, 1.807) is 6.07 Å². The smallest absolute Gasteiger partial charge is 0.125 e. The maximum atomic E-state index is 13.0. The summed E-state index contributed by atoms with van der Waals surface area (Å²) in [5.74, 6) is -0.316. The Bertz CT molecular complexity index is 537. The number of nitrogens with zero attached hydrogens (tertiary/aromatic N) is 1. The van der Waals surface area contributed by atoms with Gasteiger partial charge in [-0.25, -0.2) is 4.39 Å². The molecule has 0 amide bonds. The Kier molecular flexibility index (Phi) is 3.00. The zero-order valence-corrected chi connectivity index (χ0v) is 9.94. The molecule has 2 rings (SSSR count). The van der Waals surface area contributed by atoms with Crippen molar-refractivity contribution in [3.8, 4) is 0 Å². The van der Waals surface area contributed by atoms with Crippen molar-refractivity contribution in [1.29, 1.82) is 0 Å². The average Bonchev–Trinajstić information content (AvgIpc) is 2.28. The summed E-state index contributed by atoms with van der Waals surface area (Å²) in [7, 11) is 1.92. The van der Waals surface area contributed by atoms with Crippen molar-refractivity contribution in [3.05, 3.63) is 53.8 Å². The number of hydrogen-bond acceptors (Lipinski definition) is 2. The molecule has 0 saturated carbocycles. The molecule has 3 heteroatoms. The van der Waals surface area contributed by atoms with Crippen LogP contribution in [-0.2, 0) is 0 Å². The summed E-state index contributed by atoms with van der Waals surface area (Å²) in [5, 5.41) is 0. The summed E-state index contributed by atoms with van der Waals surface area (Å²) in [6.45, 7) is 2.03. The molecular formula is C14H15FN2. The van der Waals surface area contributed by atoms with Crippen molar-refractivity contribution >= 4 is 17.1 Å². The van der Waals surface area contributed by atoms with Crippen LogP contribution in [0.25, 0.3) is 0 Å². The third kappa shape index (κ3) is 2.38. The summed E-state index contributed by atoms with van der Waals surface area (Å²) >= 11 is 0. The van der Waals surface area contributed by atoms with Gasteiger partial charge in [0, 0.05) is 12.7 Å². The number of benzene rings is 2. The molecule has 0 spiro atoms. The normalized spacial score (nSPS) is 10.3. The second-order valence-electron chi connectivity index (χ2n) is 4.10. The lowest BCUT2D eigenvalue weighted by Gasteiger charge is -2.21. The van der Waals surface area contributed by atoms with Crippen LogP contribution in [0.2, 0.25) is 0 Å². The molecule has 0 saturated heterocycles. The van der Waals surface area contributed by atoms with Crippen LogP contribution in [0.15, 0.2) is 42.5 Å². The highest BCUT2D eigenvalue weighted by molar-refractivity contribution is 5.74. The van der Waals surface area contributed by atoms with Gasteiger partial charge in [0.25, 0.3) is 0 Å². The lowest BCUT2D eigenvalue weighted by atomic mass is 10.2. The highest BCUT2D eigenvalue weighted by Crippen LogP contribution is 2.29. The Morgan fingerprint density at radius 2 is 1.88 bits per heavy atom. The SMILES string of the molecule is Cc1cccc(N(C)c2ccc(F)cc2N)c1. The monoisotopic (exact) mass is 230 g/mol. The van der Waals surface area contributed by atoms with Gasteiger partial charge in [0.1, 0.15) is 5.82 Å². The van der Waals surface area contributed by atoms with E-state index >= 15 is 0 Å². The minimum atomic E-state index is -0.316. The quantitative estimate of drug-likeness (QED) is 0.800. The van der Waals surface area contributed by atoms with Gasteiger partial charge in [-0.05, 0) is 42.8 Å². The van der Waals surface area contributed by atoms with Gasteiger partial charge in [-0.3, -0.25) is 0 Å². The Hall–Kier alpha value is -2.03. The molecule has 2 aromatic rings. The van der Waals surface area contributed by atoms with Crippen molar-refractivity contribution in [2.45, 2.75) is 6.92 Å². The van der Waals surface area contributed by atoms with Gasteiger partial charge in [0.05, 0.1) is 11.4 Å². The molecule has 0 unspecified atom stereocenters. The van der Waals surface area contributed by atoms with E-state index in [0.717, 1.165) is 11.4 Å². The number of halogens is 1. The summed E-state index contributed by atoms with van der Waals surface area (Å²) in [6.07, 6.45) is 0. The first-order valence-corrected chi connectivity index (χ1v) is 5.43. The van der Waals surface area contributed by atoms with Crippen LogP contribution in [0.5, 0.6) is 0 Å². The van der Waals surface area contributed by atoms with Crippen LogP contribution in [0, 0.1) is 12.7 Å². The Morgan fingerprint density at radius 1 is 1.12 bits per heavy atom. The molecule has 0 aliphatic heterocycles. The highest BCUT2D eigenvalue weighted by atomic mass is 19.1. The summed E-state index contributed by atoms with van der Waals surface area (Å²) < 4.78 is 13.0. The van der Waals surface area contributed by atoms with Crippen LogP contribution in [0.3, 0.4) is 0 Å². The highest BCUT2D eigenvalue weighted by Gasteiger charge is 2.08. The summed E-state index contributed by atoms with van der Waals surface area (Å²) in [5.41, 5.74) is 9.26. The summed E-state index contributed by atoms with van der Waals surface area (Å²) in [4.78, 5) is 1.95. The Labute approximate surface area is 100 Å². The first-order chi connectivity index (χ1) is 8.08. The van der Waals surface area contributed by atoms with Crippen molar-refractivity contribution in [2.75, 3.05) is 17.7 Å². The molecule has 17 heavy (non-hydrogen) atoms. The molecule has 2 N–H and O–H groups in total. The zero-order valence-electron chi connectivity index (χ0n) is 9.94. The standard InChI is InChI=1S/C14H15FN2/c1-10-4-3-5-12(8-10)17(2)14-7-6-11(15)9-13(14)16/h3-9H,16H2,1-2H3. The number of nitrogens with two attached hydrogens (primary N) is 1. The maximum Gasteiger partial charge on any atom is 0.125 e. The fraction of sp³-hybridized carbons (Fsp3) is 0.143. The fourth-order valence-electron chi connectivity index (χ4n) is 1.81. The first kappa shape index (κ1) is 11.5. The number of anilines is 3. The molecule has 2 aromatic carbocycles. The zero-order chi connectivity index (χ0) is 12.4. The largest absolute Gasteiger partial charge is 0.397 e. The van der Waals surface area contributed by atoms with Gasteiger partial charge in [-0.15, -0.1) is 0 Å². The third-order valence-corrected chi connectivity index (χ3v) is 2.74. The molecule has 2 nitrogen and oxygen atoms in total. The van der Waals surface area contributed by atoms with Gasteiger partial charge >= 0.3 is 0 Å². The Morgan fingerprint density at radius 3 is 2.53 bits per heavy atom. The van der Waals surface area contributed by atoms with Crippen LogP contribution in [0.4, 0.5) is 21.5 Å². The third-order valence-electron chi connectivity index (χ3n) is 2.74. The van der Waals surface area contributed by atoms with E-state index in [9.17, 15) is 4.39 Å². The molecular weight excluding hydrogens is 215 g/mol. The molecule has 0 radical (unpaired) electrons. The second-order valence-corrected chi connectivity index (χ2v) is 4.10. The van der Waals surface area contributed by atoms with E-state index < -0.39 is 0 Å². The van der Waals surface area contributed by atoms with Crippen molar-refractivity contribution in [2.24, 2.45) is 0 Å². The van der Waals surface area contributed by atoms with Gasteiger partial charge in [-0.2, -0.15) is 0 Å². The van der Waals surface area contributed by atoms with Crippen molar-refractivity contribution in [1.82, 2.24) is 0 Å². The molecule has 0 heterocycles. The topological polar surface area (TPSA) is 29.3 Å². The van der Waals surface area contributed by atoms with E-state index in [1.807, 2.05) is 37.1 Å². The second kappa shape index (κ2) is 4.45. The van der Waals surface area contributed by atoms with Crippen LogP contribution < -0.4 is 10.6 Å². The van der Waals surface area contributed by atoms with Crippen LogP contribution in [0.1, 0.15) is 5.56 Å². The van der Waals surface area contributed by atoms with Crippen molar-refractivity contribution < 1.29 is 4.39 Å². The molecule has 88 valence electrons. The molecule has 0 atom stereocenters. The van der Waals surface area contributed by atoms with Gasteiger partial charge in [0.2, 0.25) is 0 Å². The molecule has 0 aliphatic rings. The fourth-order valence-corrected chi connectivity index (χ4v) is 1.81. The Balaban J connectivity index is 2.40. The van der Waals surface area contributed by atoms with Crippen LogP contribution in [-0.4, -0.2) is 7.05 Å². The van der Waals surface area contributed by atoms with E-state index in [1.165, 1.54) is 17.7 Å². The predicted octanol–water partition coefficient (Wildman–Crippen LogP) is 3.48. The molecule has 0 aliphatic carbocycles. The van der Waals surface area contributed by atoms with E-state index in [4.69, 9.17) is 5.73 Å². The lowest BCUT2D eigenvalue weighted by Crippen LogP contribution is -2.11. The van der Waals surface area contributed by atoms with Gasteiger partial charge in [0.15, 0.2) is 0 Å². The molecule has 0 fully saturated rings. The number of hydrogen-bond donors (Lipinski definition) is 1. The minimum absolute atomic E-state index is 0.316. The number of aryl methyl sites for hydroxylation is 1. The van der Waals surface area contributed by atoms with Gasteiger partial charge < -0.3 is 10.6 Å². The first-order valence-electron chi connectivity index (χ1n) is 5.43. The predicted molar refractivity (Wildman–Crippen MR) is 70.1 cm³/mol. The lowest BCUT2D eigenvalue weighted by molar-refractivity contribution is 0.628. The van der Waals surface area contributed by atoms with E-state index in [2.05, 4.69) is 6.07 Å². The van der Waals surface area contributed by atoms with Crippen molar-refractivity contribution in [3.63, 3.8) is 0 Å². The average molecular weight is 230 g/mol. The molecule has 0 aromatic heterocycles. The van der Waals surface area contributed by atoms with E-state index in [0.29, 0.717) is 5.69 Å². The molecule has 0 bridgehead atoms. The number of nitrogen functional groups attached to an aromatic ring is 1.